The van der Waals surface area contributed by atoms with E-state index in [1.165, 1.54) is 0 Å². The number of aromatic amines is 1. The van der Waals surface area contributed by atoms with Crippen molar-refractivity contribution in [1.29, 1.82) is 0 Å². The summed E-state index contributed by atoms with van der Waals surface area (Å²) in [4.78, 5) is 4.19. The molecule has 2 aromatic heterocycles. The lowest BCUT2D eigenvalue weighted by molar-refractivity contribution is 0.985. The Labute approximate surface area is 69.8 Å². The van der Waals surface area contributed by atoms with Gasteiger partial charge in [-0.05, 0) is 12.5 Å². The lowest BCUT2D eigenvalue weighted by Gasteiger charge is -1.92. The largest absolute Gasteiger partial charge is 0.397 e. The Kier molecular flexibility index (Phi) is 1.46. The third-order valence-corrected chi connectivity index (χ3v) is 1.84. The minimum atomic E-state index is 0.650. The average Bonchev–Trinajstić information content (AvgIpc) is 2.46. The van der Waals surface area contributed by atoms with Gasteiger partial charge in [0.25, 0.3) is 0 Å². The van der Waals surface area contributed by atoms with Crippen LogP contribution in [0.4, 0.5) is 5.69 Å². The van der Waals surface area contributed by atoms with E-state index in [2.05, 4.69) is 22.1 Å². The molecule has 0 saturated carbocycles. The minimum Gasteiger partial charge on any atom is -0.397 e. The topological polar surface area (TPSA) is 67.6 Å². The number of fused-ring (bicyclic) bond motifs is 1. The highest BCUT2D eigenvalue weighted by Crippen LogP contribution is 2.15. The molecule has 0 amide bonds. The van der Waals surface area contributed by atoms with Gasteiger partial charge in [-0.15, -0.1) is 0 Å². The van der Waals surface area contributed by atoms with Gasteiger partial charge in [0, 0.05) is 0 Å². The van der Waals surface area contributed by atoms with E-state index in [-0.39, 0.29) is 0 Å². The van der Waals surface area contributed by atoms with Crippen molar-refractivity contribution in [1.82, 2.24) is 15.2 Å². The van der Waals surface area contributed by atoms with Crippen LogP contribution in [-0.4, -0.2) is 15.2 Å². The van der Waals surface area contributed by atoms with Gasteiger partial charge < -0.3 is 5.73 Å². The molecule has 0 fully saturated rings. The van der Waals surface area contributed by atoms with Crippen molar-refractivity contribution < 1.29 is 0 Å². The normalized spacial score (nSPS) is 10.8. The molecule has 62 valence electrons. The number of H-pyrrole nitrogens is 1. The van der Waals surface area contributed by atoms with E-state index in [4.69, 9.17) is 5.73 Å². The van der Waals surface area contributed by atoms with Crippen molar-refractivity contribution in [2.75, 3.05) is 5.73 Å². The van der Waals surface area contributed by atoms with Crippen LogP contribution in [0.5, 0.6) is 0 Å². The van der Waals surface area contributed by atoms with E-state index >= 15 is 0 Å². The lowest BCUT2D eigenvalue weighted by Crippen LogP contribution is -1.87. The molecule has 0 aromatic carbocycles. The highest BCUT2D eigenvalue weighted by atomic mass is 15.1. The van der Waals surface area contributed by atoms with Crippen molar-refractivity contribution in [3.05, 3.63) is 18.0 Å². The molecule has 0 bridgehead atoms. The Balaban J connectivity index is 2.73. The first-order valence-corrected chi connectivity index (χ1v) is 3.89. The Morgan fingerprint density at radius 2 is 2.42 bits per heavy atom. The van der Waals surface area contributed by atoms with Crippen LogP contribution in [0, 0.1) is 0 Å². The zero-order chi connectivity index (χ0) is 8.55. The third kappa shape index (κ3) is 0.922. The van der Waals surface area contributed by atoms with Gasteiger partial charge in [0.1, 0.15) is 11.0 Å². The van der Waals surface area contributed by atoms with Crippen molar-refractivity contribution in [3.63, 3.8) is 0 Å². The summed E-state index contributed by atoms with van der Waals surface area (Å²) in [5.74, 6) is 0. The van der Waals surface area contributed by atoms with Crippen LogP contribution in [-0.2, 0) is 6.42 Å². The second kappa shape index (κ2) is 2.48. The molecule has 2 heterocycles. The number of hydrogen-bond acceptors (Lipinski definition) is 3. The number of rotatable bonds is 1. The molecule has 4 heteroatoms. The monoisotopic (exact) mass is 162 g/mol. The summed E-state index contributed by atoms with van der Waals surface area (Å²) in [6.07, 6.45) is 2.56. The number of nitrogens with two attached hydrogens (primary N) is 1. The van der Waals surface area contributed by atoms with Crippen molar-refractivity contribution in [2.24, 2.45) is 0 Å². The number of nitrogen functional groups attached to an aromatic ring is 1. The summed E-state index contributed by atoms with van der Waals surface area (Å²) in [6.45, 7) is 2.06. The molecule has 4 nitrogen and oxygen atoms in total. The van der Waals surface area contributed by atoms with Gasteiger partial charge in [-0.25, -0.2) is 0 Å². The summed E-state index contributed by atoms with van der Waals surface area (Å²) in [6, 6.07) is 1.82. The highest BCUT2D eigenvalue weighted by molar-refractivity contribution is 5.79. The maximum Gasteiger partial charge on any atom is 0.113 e. The highest BCUT2D eigenvalue weighted by Gasteiger charge is 2.03. The van der Waals surface area contributed by atoms with Crippen LogP contribution < -0.4 is 5.73 Å². The minimum absolute atomic E-state index is 0.650. The fourth-order valence-electron chi connectivity index (χ4n) is 1.21. The first kappa shape index (κ1) is 7.09. The van der Waals surface area contributed by atoms with Crippen LogP contribution in [0.15, 0.2) is 12.3 Å². The molecule has 0 aliphatic carbocycles. The fraction of sp³-hybridized carbons (Fsp3) is 0.250. The molecule has 0 aliphatic rings. The number of aryl methyl sites for hydroxylation is 1. The summed E-state index contributed by atoms with van der Waals surface area (Å²) in [5, 5.41) is 7.01. The molecule has 0 atom stereocenters. The number of pyridine rings is 1. The van der Waals surface area contributed by atoms with Crippen LogP contribution in [0.2, 0.25) is 0 Å². The zero-order valence-corrected chi connectivity index (χ0v) is 6.83. The zero-order valence-electron chi connectivity index (χ0n) is 6.83. The van der Waals surface area contributed by atoms with E-state index in [0.717, 1.165) is 23.1 Å². The Hall–Kier alpha value is -1.58. The first-order chi connectivity index (χ1) is 5.81. The quantitative estimate of drug-likeness (QED) is 0.659. The van der Waals surface area contributed by atoms with Gasteiger partial charge in [-0.3, -0.25) is 10.1 Å². The lowest BCUT2D eigenvalue weighted by atomic mass is 10.2. The van der Waals surface area contributed by atoms with Gasteiger partial charge in [0.2, 0.25) is 0 Å². The van der Waals surface area contributed by atoms with E-state index in [9.17, 15) is 0 Å². The fourth-order valence-corrected chi connectivity index (χ4v) is 1.21. The van der Waals surface area contributed by atoms with Crippen molar-refractivity contribution in [2.45, 2.75) is 13.3 Å². The maximum atomic E-state index is 5.56. The van der Waals surface area contributed by atoms with Gasteiger partial charge in [0.15, 0.2) is 0 Å². The first-order valence-electron chi connectivity index (χ1n) is 3.89. The molecule has 0 spiro atoms. The number of nitrogens with zero attached hydrogens (tertiary/aromatic N) is 2. The Bertz CT molecular complexity index is 404. The summed E-state index contributed by atoms with van der Waals surface area (Å²) in [5.41, 5.74) is 9.03. The number of aromatic nitrogens is 3. The van der Waals surface area contributed by atoms with Gasteiger partial charge in [-0.2, -0.15) is 5.10 Å². The summed E-state index contributed by atoms with van der Waals surface area (Å²) in [7, 11) is 0. The van der Waals surface area contributed by atoms with Crippen molar-refractivity contribution in [3.8, 4) is 0 Å². The van der Waals surface area contributed by atoms with E-state index in [1.54, 1.807) is 6.20 Å². The molecule has 2 rings (SSSR count). The molecule has 3 N–H and O–H groups in total. The van der Waals surface area contributed by atoms with Gasteiger partial charge >= 0.3 is 0 Å². The van der Waals surface area contributed by atoms with Crippen molar-refractivity contribution >= 4 is 16.7 Å². The molecule has 0 unspecified atom stereocenters. The molecule has 0 saturated heterocycles. The van der Waals surface area contributed by atoms with E-state index in [1.807, 2.05) is 6.07 Å². The third-order valence-electron chi connectivity index (χ3n) is 1.84. The maximum absolute atomic E-state index is 5.56. The summed E-state index contributed by atoms with van der Waals surface area (Å²) >= 11 is 0. The SMILES string of the molecule is CCc1[nH]nc2cc(N)cnc12. The van der Waals surface area contributed by atoms with E-state index < -0.39 is 0 Å². The molecule has 0 radical (unpaired) electrons. The number of nitrogens with one attached hydrogen (secondary N) is 1. The Morgan fingerprint density at radius 1 is 1.58 bits per heavy atom. The van der Waals surface area contributed by atoms with Crippen LogP contribution >= 0.6 is 0 Å². The van der Waals surface area contributed by atoms with Gasteiger partial charge in [0.05, 0.1) is 17.6 Å². The predicted octanol–water partition coefficient (Wildman–Crippen LogP) is 1.10. The molecular weight excluding hydrogens is 152 g/mol. The Morgan fingerprint density at radius 3 is 3.17 bits per heavy atom. The molecule has 2 aromatic rings. The van der Waals surface area contributed by atoms with Gasteiger partial charge in [-0.1, -0.05) is 6.92 Å². The van der Waals surface area contributed by atoms with Crippen LogP contribution in [0.1, 0.15) is 12.6 Å². The smallest absolute Gasteiger partial charge is 0.113 e. The average molecular weight is 162 g/mol. The molecule has 0 aliphatic heterocycles. The second-order valence-electron chi connectivity index (χ2n) is 2.69. The number of hydrogen-bond donors (Lipinski definition) is 2. The van der Waals surface area contributed by atoms with E-state index in [0.29, 0.717) is 5.69 Å². The van der Waals surface area contributed by atoms with Crippen LogP contribution in [0.3, 0.4) is 0 Å². The molecular formula is C8H10N4. The number of anilines is 1. The summed E-state index contributed by atoms with van der Waals surface area (Å²) < 4.78 is 0. The van der Waals surface area contributed by atoms with Crippen LogP contribution in [0.25, 0.3) is 11.0 Å². The predicted molar refractivity (Wildman–Crippen MR) is 47.7 cm³/mol. The second-order valence-corrected chi connectivity index (χ2v) is 2.69. The molecule has 12 heavy (non-hydrogen) atoms. The standard InChI is InChI=1S/C8H10N4/c1-2-6-8-7(12-11-6)3-5(9)4-10-8/h3-4H,2,9H2,1H3,(H,11,12).